The molecule has 0 N–H and O–H groups in total. The Morgan fingerprint density at radius 1 is 1.21 bits per heavy atom. The Morgan fingerprint density at radius 2 is 1.88 bits per heavy atom. The number of nitro groups is 1. The molecule has 0 aromatic heterocycles. The van der Waals surface area contributed by atoms with E-state index in [4.69, 9.17) is 4.74 Å². The van der Waals surface area contributed by atoms with Crippen molar-refractivity contribution < 1.29 is 19.2 Å². The lowest BCUT2D eigenvalue weighted by Gasteiger charge is -2.29. The number of benzene rings is 1. The van der Waals surface area contributed by atoms with Crippen LogP contribution in [-0.4, -0.2) is 58.8 Å². The first-order valence-corrected chi connectivity index (χ1v) is 8.16. The van der Waals surface area contributed by atoms with Crippen LogP contribution in [0.1, 0.15) is 5.56 Å². The highest BCUT2D eigenvalue weighted by atomic mass is 32.2. The van der Waals surface area contributed by atoms with Crippen LogP contribution in [0.25, 0.3) is 6.08 Å². The summed E-state index contributed by atoms with van der Waals surface area (Å²) in [5, 5.41) is 10.3. The van der Waals surface area contributed by atoms with Crippen LogP contribution in [0.2, 0.25) is 0 Å². The molecule has 0 atom stereocenters. The van der Waals surface area contributed by atoms with Gasteiger partial charge in [-0.15, -0.1) is 0 Å². The van der Waals surface area contributed by atoms with Crippen molar-refractivity contribution in [3.63, 3.8) is 0 Å². The van der Waals surface area contributed by atoms with Crippen LogP contribution >= 0.6 is 11.8 Å². The standard InChI is InChI=1S/C15H15N3O5S/c19-14-13(9-11-1-3-12(4-2-11)18(21)22)24-15(20)17(14)10-16-5-7-23-8-6-16/h1-4,9H,5-8,10H2/b13-9-. The number of imide groups is 1. The third kappa shape index (κ3) is 3.64. The molecule has 24 heavy (non-hydrogen) atoms. The molecule has 9 heteroatoms. The third-order valence-electron chi connectivity index (χ3n) is 3.72. The van der Waals surface area contributed by atoms with Gasteiger partial charge in [-0.3, -0.25) is 29.5 Å². The van der Waals surface area contributed by atoms with E-state index < -0.39 is 4.92 Å². The van der Waals surface area contributed by atoms with Gasteiger partial charge in [0.15, 0.2) is 0 Å². The van der Waals surface area contributed by atoms with Crippen molar-refractivity contribution in [1.29, 1.82) is 0 Å². The minimum Gasteiger partial charge on any atom is -0.379 e. The molecule has 0 spiro atoms. The van der Waals surface area contributed by atoms with Gasteiger partial charge in [-0.05, 0) is 35.5 Å². The summed E-state index contributed by atoms with van der Waals surface area (Å²) in [4.78, 5) is 38.2. The number of carbonyl (C=O) groups is 2. The summed E-state index contributed by atoms with van der Waals surface area (Å²) in [5.74, 6) is -0.338. The molecule has 2 amide bonds. The molecule has 0 unspecified atom stereocenters. The minimum atomic E-state index is -0.486. The van der Waals surface area contributed by atoms with Crippen molar-refractivity contribution in [2.75, 3.05) is 33.0 Å². The summed E-state index contributed by atoms with van der Waals surface area (Å²) in [5.41, 5.74) is 0.616. The number of morpholine rings is 1. The maximum atomic E-state index is 12.4. The van der Waals surface area contributed by atoms with E-state index in [0.717, 1.165) is 11.8 Å². The molecule has 1 aromatic carbocycles. The molecule has 2 saturated heterocycles. The SMILES string of the molecule is O=C1S/C(=C\c2ccc([N+](=O)[O-])cc2)C(=O)N1CN1CCOCC1. The smallest absolute Gasteiger partial charge is 0.294 e. The highest BCUT2D eigenvalue weighted by molar-refractivity contribution is 8.18. The Balaban J connectivity index is 1.71. The van der Waals surface area contributed by atoms with Crippen molar-refractivity contribution in [2.45, 2.75) is 0 Å². The number of non-ortho nitro benzene ring substituents is 1. The van der Waals surface area contributed by atoms with Crippen LogP contribution in [0.3, 0.4) is 0 Å². The monoisotopic (exact) mass is 349 g/mol. The Bertz CT molecular complexity index is 698. The average Bonchev–Trinajstić information content (AvgIpc) is 2.84. The first-order valence-electron chi connectivity index (χ1n) is 7.34. The fourth-order valence-electron chi connectivity index (χ4n) is 2.41. The summed E-state index contributed by atoms with van der Waals surface area (Å²) < 4.78 is 5.25. The fourth-order valence-corrected chi connectivity index (χ4v) is 3.24. The molecule has 2 heterocycles. The minimum absolute atomic E-state index is 0.0208. The fraction of sp³-hybridized carbons (Fsp3) is 0.333. The Labute approximate surface area is 142 Å². The average molecular weight is 349 g/mol. The summed E-state index contributed by atoms with van der Waals surface area (Å²) >= 11 is 0.882. The van der Waals surface area contributed by atoms with Crippen LogP contribution in [0.15, 0.2) is 29.2 Å². The normalized spacial score (nSPS) is 20.8. The predicted molar refractivity (Wildman–Crippen MR) is 88.2 cm³/mol. The van der Waals surface area contributed by atoms with Crippen molar-refractivity contribution in [3.05, 3.63) is 44.8 Å². The highest BCUT2D eigenvalue weighted by Crippen LogP contribution is 2.32. The van der Waals surface area contributed by atoms with Gasteiger partial charge in [0.1, 0.15) is 0 Å². The zero-order valence-electron chi connectivity index (χ0n) is 12.7. The summed E-state index contributed by atoms with van der Waals surface area (Å²) in [6.07, 6.45) is 1.58. The second-order valence-corrected chi connectivity index (χ2v) is 6.32. The van der Waals surface area contributed by atoms with Crippen LogP contribution in [-0.2, 0) is 9.53 Å². The van der Waals surface area contributed by atoms with Crippen LogP contribution in [0, 0.1) is 10.1 Å². The van der Waals surface area contributed by atoms with E-state index in [0.29, 0.717) is 36.8 Å². The number of carbonyl (C=O) groups excluding carboxylic acids is 2. The van der Waals surface area contributed by atoms with E-state index in [2.05, 4.69) is 0 Å². The maximum absolute atomic E-state index is 12.4. The molecule has 0 bridgehead atoms. The molecule has 2 aliphatic rings. The lowest BCUT2D eigenvalue weighted by molar-refractivity contribution is -0.384. The van der Waals surface area contributed by atoms with E-state index in [1.165, 1.54) is 17.0 Å². The Hall–Kier alpha value is -2.23. The van der Waals surface area contributed by atoms with Crippen molar-refractivity contribution in [3.8, 4) is 0 Å². The maximum Gasteiger partial charge on any atom is 0.294 e. The van der Waals surface area contributed by atoms with E-state index in [-0.39, 0.29) is 23.5 Å². The van der Waals surface area contributed by atoms with Crippen LogP contribution in [0.5, 0.6) is 0 Å². The molecule has 2 aliphatic heterocycles. The molecule has 0 saturated carbocycles. The van der Waals surface area contributed by atoms with Gasteiger partial charge in [0.2, 0.25) is 0 Å². The van der Waals surface area contributed by atoms with E-state index in [1.807, 2.05) is 4.90 Å². The first kappa shape index (κ1) is 16.6. The quantitative estimate of drug-likeness (QED) is 0.466. The molecule has 3 rings (SSSR count). The van der Waals surface area contributed by atoms with Gasteiger partial charge in [0, 0.05) is 25.2 Å². The third-order valence-corrected chi connectivity index (χ3v) is 4.63. The number of amides is 2. The Morgan fingerprint density at radius 3 is 2.50 bits per heavy atom. The predicted octanol–water partition coefficient (Wildman–Crippen LogP) is 1.92. The highest BCUT2D eigenvalue weighted by Gasteiger charge is 2.36. The molecular weight excluding hydrogens is 334 g/mol. The molecule has 2 fully saturated rings. The number of ether oxygens (including phenoxy) is 1. The molecule has 0 radical (unpaired) electrons. The molecule has 8 nitrogen and oxygen atoms in total. The van der Waals surface area contributed by atoms with E-state index >= 15 is 0 Å². The largest absolute Gasteiger partial charge is 0.379 e. The number of rotatable bonds is 4. The van der Waals surface area contributed by atoms with Gasteiger partial charge < -0.3 is 4.74 Å². The van der Waals surface area contributed by atoms with Gasteiger partial charge in [-0.1, -0.05) is 0 Å². The zero-order chi connectivity index (χ0) is 17.1. The zero-order valence-corrected chi connectivity index (χ0v) is 13.5. The van der Waals surface area contributed by atoms with Crippen LogP contribution in [0.4, 0.5) is 10.5 Å². The number of nitro benzene ring substituents is 1. The van der Waals surface area contributed by atoms with Crippen molar-refractivity contribution >= 4 is 34.7 Å². The Kier molecular flexibility index (Phi) is 4.93. The second kappa shape index (κ2) is 7.12. The van der Waals surface area contributed by atoms with Gasteiger partial charge in [-0.2, -0.15) is 0 Å². The van der Waals surface area contributed by atoms with Crippen molar-refractivity contribution in [1.82, 2.24) is 9.80 Å². The number of hydrogen-bond acceptors (Lipinski definition) is 7. The lowest BCUT2D eigenvalue weighted by Crippen LogP contribution is -2.45. The number of nitrogens with zero attached hydrogens (tertiary/aromatic N) is 3. The first-order chi connectivity index (χ1) is 11.5. The van der Waals surface area contributed by atoms with E-state index in [1.54, 1.807) is 18.2 Å². The van der Waals surface area contributed by atoms with Gasteiger partial charge in [0.25, 0.3) is 16.8 Å². The summed E-state index contributed by atoms with van der Waals surface area (Å²) in [6.45, 7) is 2.81. The topological polar surface area (TPSA) is 93.0 Å². The van der Waals surface area contributed by atoms with Gasteiger partial charge in [-0.25, -0.2) is 0 Å². The molecule has 0 aliphatic carbocycles. The molecular formula is C15H15N3O5S. The number of thioether (sulfide) groups is 1. The summed E-state index contributed by atoms with van der Waals surface area (Å²) in [6, 6.07) is 5.83. The molecule has 1 aromatic rings. The second-order valence-electron chi connectivity index (χ2n) is 5.33. The molecule has 126 valence electrons. The van der Waals surface area contributed by atoms with Crippen LogP contribution < -0.4 is 0 Å². The van der Waals surface area contributed by atoms with Gasteiger partial charge >= 0.3 is 0 Å². The summed E-state index contributed by atoms with van der Waals surface area (Å²) in [7, 11) is 0. The van der Waals surface area contributed by atoms with Gasteiger partial charge in [0.05, 0.1) is 29.7 Å². The van der Waals surface area contributed by atoms with Crippen molar-refractivity contribution in [2.24, 2.45) is 0 Å². The lowest BCUT2D eigenvalue weighted by atomic mass is 10.2. The number of hydrogen-bond donors (Lipinski definition) is 0. The van der Waals surface area contributed by atoms with E-state index in [9.17, 15) is 19.7 Å².